The molecular weight excluding hydrogens is 432 g/mol. The van der Waals surface area contributed by atoms with E-state index in [1.807, 2.05) is 52.0 Å². The lowest BCUT2D eigenvalue weighted by Gasteiger charge is -2.16. The van der Waals surface area contributed by atoms with Crippen molar-refractivity contribution in [1.82, 2.24) is 4.98 Å². The number of anilines is 1. The predicted molar refractivity (Wildman–Crippen MR) is 127 cm³/mol. The van der Waals surface area contributed by atoms with Gasteiger partial charge in [-0.05, 0) is 50.5 Å². The molecule has 0 saturated heterocycles. The fraction of sp³-hybridized carbons (Fsp3) is 0.348. The SMILES string of the molecule is CCC(Sc1cc(C)c2cccc(OC)c2n1)C(=O)Nc1sc(C)c(C)c1C(=O)OC. The second-order valence-corrected chi connectivity index (χ2v) is 9.56. The van der Waals surface area contributed by atoms with Crippen LogP contribution >= 0.6 is 23.1 Å². The third kappa shape index (κ3) is 4.70. The molecular formula is C23H26N2O4S2. The highest BCUT2D eigenvalue weighted by Gasteiger charge is 2.25. The number of ether oxygens (including phenoxy) is 2. The van der Waals surface area contributed by atoms with E-state index in [1.165, 1.54) is 30.2 Å². The average molecular weight is 459 g/mol. The number of carbonyl (C=O) groups excluding carboxylic acids is 2. The zero-order chi connectivity index (χ0) is 22.7. The fourth-order valence-corrected chi connectivity index (χ4v) is 5.37. The minimum absolute atomic E-state index is 0.168. The molecule has 1 atom stereocenters. The number of fused-ring (bicyclic) bond motifs is 1. The predicted octanol–water partition coefficient (Wildman–Crippen LogP) is 5.53. The highest BCUT2D eigenvalue weighted by molar-refractivity contribution is 8.00. The van der Waals surface area contributed by atoms with Crippen molar-refractivity contribution in [3.63, 3.8) is 0 Å². The number of pyridine rings is 1. The molecule has 1 unspecified atom stereocenters. The number of thioether (sulfide) groups is 1. The van der Waals surface area contributed by atoms with Crippen molar-refractivity contribution in [2.75, 3.05) is 19.5 Å². The van der Waals surface area contributed by atoms with Gasteiger partial charge in [0, 0.05) is 10.3 Å². The zero-order valence-electron chi connectivity index (χ0n) is 18.5. The molecule has 1 aromatic carbocycles. The van der Waals surface area contributed by atoms with Crippen LogP contribution in [0.1, 0.15) is 39.7 Å². The van der Waals surface area contributed by atoms with Gasteiger partial charge < -0.3 is 14.8 Å². The number of rotatable bonds is 7. The smallest absolute Gasteiger partial charge is 0.341 e. The molecule has 0 aliphatic heterocycles. The van der Waals surface area contributed by atoms with Gasteiger partial charge in [-0.2, -0.15) is 0 Å². The van der Waals surface area contributed by atoms with Crippen LogP contribution in [0.25, 0.3) is 10.9 Å². The van der Waals surface area contributed by atoms with E-state index in [4.69, 9.17) is 14.5 Å². The molecule has 8 heteroatoms. The monoisotopic (exact) mass is 458 g/mol. The van der Waals surface area contributed by atoms with Crippen molar-refractivity contribution in [3.8, 4) is 5.75 Å². The van der Waals surface area contributed by atoms with Crippen LogP contribution in [0.4, 0.5) is 5.00 Å². The van der Waals surface area contributed by atoms with E-state index in [1.54, 1.807) is 7.11 Å². The maximum absolute atomic E-state index is 13.1. The van der Waals surface area contributed by atoms with Gasteiger partial charge in [-0.15, -0.1) is 11.3 Å². The second kappa shape index (κ2) is 9.70. The van der Waals surface area contributed by atoms with Crippen LogP contribution in [-0.4, -0.2) is 36.3 Å². The van der Waals surface area contributed by atoms with E-state index >= 15 is 0 Å². The lowest BCUT2D eigenvalue weighted by atomic mass is 10.1. The third-order valence-electron chi connectivity index (χ3n) is 5.14. The van der Waals surface area contributed by atoms with Crippen molar-refractivity contribution in [3.05, 3.63) is 45.8 Å². The summed E-state index contributed by atoms with van der Waals surface area (Å²) >= 11 is 2.79. The summed E-state index contributed by atoms with van der Waals surface area (Å²) in [6.07, 6.45) is 0.609. The molecule has 0 saturated carbocycles. The molecule has 0 bridgehead atoms. The summed E-state index contributed by atoms with van der Waals surface area (Å²) in [5.74, 6) is 0.0862. The molecule has 31 heavy (non-hydrogen) atoms. The van der Waals surface area contributed by atoms with Gasteiger partial charge in [-0.1, -0.05) is 30.8 Å². The number of amides is 1. The molecule has 2 aromatic heterocycles. The molecule has 0 spiro atoms. The number of methoxy groups -OCH3 is 2. The Labute approximate surface area is 190 Å². The standard InChI is InChI=1S/C23H26N2O4S2/c1-7-17(21(26)25-22-19(23(27)29-6)13(3)14(4)30-22)31-18-11-12(2)15-9-8-10-16(28-5)20(15)24-18/h8-11,17H,7H2,1-6H3,(H,25,26). The van der Waals surface area contributed by atoms with Gasteiger partial charge in [0.15, 0.2) is 0 Å². The number of nitrogens with one attached hydrogen (secondary N) is 1. The highest BCUT2D eigenvalue weighted by Crippen LogP contribution is 2.35. The van der Waals surface area contributed by atoms with Gasteiger partial charge in [-0.3, -0.25) is 4.79 Å². The first-order valence-corrected chi connectivity index (χ1v) is 11.6. The number of hydrogen-bond donors (Lipinski definition) is 1. The topological polar surface area (TPSA) is 77.5 Å². The van der Waals surface area contributed by atoms with E-state index in [2.05, 4.69) is 5.32 Å². The maximum atomic E-state index is 13.1. The lowest BCUT2D eigenvalue weighted by Crippen LogP contribution is -2.25. The number of aromatic nitrogens is 1. The number of thiophene rings is 1. The third-order valence-corrected chi connectivity index (χ3v) is 7.55. The first-order valence-electron chi connectivity index (χ1n) is 9.90. The molecule has 0 aliphatic rings. The Kier molecular flexibility index (Phi) is 7.23. The number of esters is 1. The van der Waals surface area contributed by atoms with Crippen molar-refractivity contribution >= 4 is 50.9 Å². The summed E-state index contributed by atoms with van der Waals surface area (Å²) in [4.78, 5) is 31.0. The molecule has 1 N–H and O–H groups in total. The Morgan fingerprint density at radius 1 is 1.23 bits per heavy atom. The van der Waals surface area contributed by atoms with Crippen LogP contribution in [0.15, 0.2) is 29.3 Å². The quantitative estimate of drug-likeness (QED) is 0.371. The molecule has 6 nitrogen and oxygen atoms in total. The summed E-state index contributed by atoms with van der Waals surface area (Å²) in [6, 6.07) is 7.81. The highest BCUT2D eigenvalue weighted by atomic mass is 32.2. The van der Waals surface area contributed by atoms with Gasteiger partial charge >= 0.3 is 5.97 Å². The number of benzene rings is 1. The van der Waals surface area contributed by atoms with Crippen LogP contribution in [0, 0.1) is 20.8 Å². The van der Waals surface area contributed by atoms with E-state index in [0.29, 0.717) is 22.7 Å². The zero-order valence-corrected chi connectivity index (χ0v) is 20.1. The summed E-state index contributed by atoms with van der Waals surface area (Å²) in [6.45, 7) is 7.75. The van der Waals surface area contributed by atoms with E-state index in [9.17, 15) is 9.59 Å². The fourth-order valence-electron chi connectivity index (χ4n) is 3.31. The van der Waals surface area contributed by atoms with Crippen molar-refractivity contribution in [1.29, 1.82) is 0 Å². The van der Waals surface area contributed by atoms with Gasteiger partial charge in [0.1, 0.15) is 16.3 Å². The molecule has 3 aromatic rings. The number of hydrogen-bond acceptors (Lipinski definition) is 7. The van der Waals surface area contributed by atoms with Crippen LogP contribution < -0.4 is 10.1 Å². The minimum atomic E-state index is -0.447. The van der Waals surface area contributed by atoms with Gasteiger partial charge in [0.05, 0.1) is 30.1 Å². The van der Waals surface area contributed by atoms with Crippen LogP contribution in [-0.2, 0) is 9.53 Å². The van der Waals surface area contributed by atoms with E-state index in [0.717, 1.165) is 31.9 Å². The average Bonchev–Trinajstić information content (AvgIpc) is 3.03. The Balaban J connectivity index is 1.88. The van der Waals surface area contributed by atoms with E-state index in [-0.39, 0.29) is 11.2 Å². The second-order valence-electron chi connectivity index (χ2n) is 7.12. The van der Waals surface area contributed by atoms with Gasteiger partial charge in [0.25, 0.3) is 0 Å². The molecule has 2 heterocycles. The number of carbonyl (C=O) groups is 2. The number of nitrogens with zero attached hydrogens (tertiary/aromatic N) is 1. The van der Waals surface area contributed by atoms with E-state index < -0.39 is 5.97 Å². The molecule has 1 amide bonds. The largest absolute Gasteiger partial charge is 0.494 e. The summed E-state index contributed by atoms with van der Waals surface area (Å²) < 4.78 is 10.4. The molecule has 164 valence electrons. The number of aryl methyl sites for hydroxylation is 2. The molecule has 3 rings (SSSR count). The molecule has 0 fully saturated rings. The normalized spacial score (nSPS) is 11.9. The Morgan fingerprint density at radius 3 is 2.61 bits per heavy atom. The summed E-state index contributed by atoms with van der Waals surface area (Å²) in [7, 11) is 2.96. The minimum Gasteiger partial charge on any atom is -0.494 e. The first kappa shape index (κ1) is 23.1. The van der Waals surface area contributed by atoms with Crippen LogP contribution in [0.3, 0.4) is 0 Å². The molecule has 0 aliphatic carbocycles. The Morgan fingerprint density at radius 2 is 1.97 bits per heavy atom. The van der Waals surface area contributed by atoms with Gasteiger partial charge in [0.2, 0.25) is 5.91 Å². The Bertz CT molecular complexity index is 1140. The summed E-state index contributed by atoms with van der Waals surface area (Å²) in [5, 5.41) is 4.87. The van der Waals surface area contributed by atoms with Gasteiger partial charge in [-0.25, -0.2) is 9.78 Å². The van der Waals surface area contributed by atoms with Crippen molar-refractivity contribution < 1.29 is 19.1 Å². The maximum Gasteiger partial charge on any atom is 0.341 e. The summed E-state index contributed by atoms with van der Waals surface area (Å²) in [5.41, 5.74) is 3.09. The van der Waals surface area contributed by atoms with Crippen LogP contribution in [0.5, 0.6) is 5.75 Å². The Hall–Kier alpha value is -2.58. The number of para-hydroxylation sites is 1. The van der Waals surface area contributed by atoms with Crippen molar-refractivity contribution in [2.24, 2.45) is 0 Å². The molecule has 0 radical (unpaired) electrons. The lowest BCUT2D eigenvalue weighted by molar-refractivity contribution is -0.115. The first-order chi connectivity index (χ1) is 14.8. The van der Waals surface area contributed by atoms with Crippen LogP contribution in [0.2, 0.25) is 0 Å². The van der Waals surface area contributed by atoms with Crippen molar-refractivity contribution in [2.45, 2.75) is 44.4 Å².